The van der Waals surface area contributed by atoms with E-state index in [0.29, 0.717) is 0 Å². The van der Waals surface area contributed by atoms with E-state index in [9.17, 15) is 4.79 Å². The molecule has 1 aromatic heterocycles. The zero-order valence-electron chi connectivity index (χ0n) is 12.9. The third-order valence-corrected chi connectivity index (χ3v) is 4.90. The highest BCUT2D eigenvalue weighted by atomic mass is 16.2. The predicted octanol–water partition coefficient (Wildman–Crippen LogP) is 2.45. The maximum atomic E-state index is 12.4. The molecule has 1 N–H and O–H groups in total. The predicted molar refractivity (Wildman–Crippen MR) is 88.4 cm³/mol. The minimum Gasteiger partial charge on any atom is -0.327 e. The molecule has 23 heavy (non-hydrogen) atoms. The van der Waals surface area contributed by atoms with E-state index in [1.807, 2.05) is 42.7 Å². The Hall–Kier alpha value is -2.46. The van der Waals surface area contributed by atoms with E-state index in [-0.39, 0.29) is 23.9 Å². The molecule has 2 saturated heterocycles. The average Bonchev–Trinajstić information content (AvgIpc) is 2.89. The fourth-order valence-electron chi connectivity index (χ4n) is 3.88. The van der Waals surface area contributed by atoms with Gasteiger partial charge in [0, 0.05) is 30.6 Å². The number of nitrogens with zero attached hydrogens (tertiary/aromatic N) is 2. The van der Waals surface area contributed by atoms with Crippen molar-refractivity contribution in [1.29, 1.82) is 0 Å². The van der Waals surface area contributed by atoms with Crippen molar-refractivity contribution < 1.29 is 4.79 Å². The molecule has 2 aromatic rings. The Morgan fingerprint density at radius 3 is 2.65 bits per heavy atom. The number of carbonyl (C=O) groups is 1. The van der Waals surface area contributed by atoms with Gasteiger partial charge in [0.25, 0.3) is 0 Å². The van der Waals surface area contributed by atoms with E-state index in [4.69, 9.17) is 0 Å². The number of aromatic nitrogens is 1. The summed E-state index contributed by atoms with van der Waals surface area (Å²) in [7, 11) is 0. The maximum absolute atomic E-state index is 12.4. The third-order valence-electron chi connectivity index (χ3n) is 4.90. The Morgan fingerprint density at radius 2 is 1.91 bits per heavy atom. The van der Waals surface area contributed by atoms with Gasteiger partial charge in [0.05, 0.1) is 12.1 Å². The lowest BCUT2D eigenvalue weighted by molar-refractivity contribution is -0.127. The van der Waals surface area contributed by atoms with Gasteiger partial charge in [-0.15, -0.1) is 0 Å². The lowest BCUT2D eigenvalue weighted by atomic mass is 9.91. The van der Waals surface area contributed by atoms with Gasteiger partial charge in [0.15, 0.2) is 0 Å². The molecule has 1 aromatic carbocycles. The van der Waals surface area contributed by atoms with Gasteiger partial charge in [-0.25, -0.2) is 0 Å². The molecule has 2 aliphatic rings. The first-order valence-electron chi connectivity index (χ1n) is 7.93. The standard InChI is InChI=1S/C19H19N3O/c1-13-18-16(15-7-9-20-10-8-15)11-17(19(23)21-13)22(18)12-14-5-3-2-4-6-14/h2-10,16-18H,1,11-12H2,(H,21,23)/t16-,17+,18+/m0/s1. The molecular formula is C19H19N3O. The molecule has 4 rings (SSSR count). The van der Waals surface area contributed by atoms with Gasteiger partial charge in [0.2, 0.25) is 5.91 Å². The Kier molecular flexibility index (Phi) is 3.46. The van der Waals surface area contributed by atoms with Gasteiger partial charge < -0.3 is 5.32 Å². The minimum absolute atomic E-state index is 0.0683. The number of nitrogens with one attached hydrogen (secondary N) is 1. The second-order valence-electron chi connectivity index (χ2n) is 6.26. The van der Waals surface area contributed by atoms with Gasteiger partial charge >= 0.3 is 0 Å². The number of hydrogen-bond donors (Lipinski definition) is 1. The molecule has 2 bridgehead atoms. The zero-order chi connectivity index (χ0) is 15.8. The summed E-state index contributed by atoms with van der Waals surface area (Å²) in [6.45, 7) is 4.89. The largest absolute Gasteiger partial charge is 0.327 e. The van der Waals surface area contributed by atoms with Crippen LogP contribution in [0.15, 0.2) is 67.1 Å². The average molecular weight is 305 g/mol. The number of hydrogen-bond acceptors (Lipinski definition) is 3. The van der Waals surface area contributed by atoms with Crippen LogP contribution in [0.2, 0.25) is 0 Å². The Bertz CT molecular complexity index is 729. The fraction of sp³-hybridized carbons (Fsp3) is 0.263. The summed E-state index contributed by atoms with van der Waals surface area (Å²) >= 11 is 0. The van der Waals surface area contributed by atoms with Crippen LogP contribution in [0.1, 0.15) is 23.5 Å². The van der Waals surface area contributed by atoms with Crippen LogP contribution in [0.5, 0.6) is 0 Å². The van der Waals surface area contributed by atoms with Crippen LogP contribution in [0.3, 0.4) is 0 Å². The van der Waals surface area contributed by atoms with Gasteiger partial charge in [-0.05, 0) is 29.7 Å². The molecule has 2 aliphatic heterocycles. The summed E-state index contributed by atoms with van der Waals surface area (Å²) in [4.78, 5) is 18.8. The highest BCUT2D eigenvalue weighted by Crippen LogP contribution is 2.43. The van der Waals surface area contributed by atoms with Crippen LogP contribution in [0.4, 0.5) is 0 Å². The number of carbonyl (C=O) groups excluding carboxylic acids is 1. The molecule has 0 unspecified atom stereocenters. The second-order valence-corrected chi connectivity index (χ2v) is 6.26. The summed E-state index contributed by atoms with van der Waals surface area (Å²) in [5.41, 5.74) is 3.25. The molecule has 2 fully saturated rings. The summed E-state index contributed by atoms with van der Waals surface area (Å²) in [5, 5.41) is 2.97. The van der Waals surface area contributed by atoms with Crippen LogP contribution in [0, 0.1) is 0 Å². The van der Waals surface area contributed by atoms with Crippen LogP contribution in [-0.4, -0.2) is 27.9 Å². The third kappa shape index (κ3) is 2.45. The molecule has 1 amide bonds. The lowest BCUT2D eigenvalue weighted by Crippen LogP contribution is -2.53. The highest BCUT2D eigenvalue weighted by molar-refractivity contribution is 5.86. The van der Waals surface area contributed by atoms with Gasteiger partial charge in [-0.3, -0.25) is 14.7 Å². The molecular weight excluding hydrogens is 286 g/mol. The first-order chi connectivity index (χ1) is 11.2. The quantitative estimate of drug-likeness (QED) is 0.947. The number of fused-ring (bicyclic) bond motifs is 2. The molecule has 116 valence electrons. The molecule has 0 saturated carbocycles. The highest BCUT2D eigenvalue weighted by Gasteiger charge is 2.49. The Balaban J connectivity index is 1.69. The maximum Gasteiger partial charge on any atom is 0.241 e. The first-order valence-corrected chi connectivity index (χ1v) is 7.93. The number of pyridine rings is 1. The molecule has 4 nitrogen and oxygen atoms in total. The van der Waals surface area contributed by atoms with E-state index < -0.39 is 0 Å². The normalized spacial score (nSPS) is 27.0. The van der Waals surface area contributed by atoms with Crippen molar-refractivity contribution in [2.24, 2.45) is 0 Å². The monoisotopic (exact) mass is 305 g/mol. The summed E-state index contributed by atoms with van der Waals surface area (Å²) < 4.78 is 0. The summed E-state index contributed by atoms with van der Waals surface area (Å²) in [6.07, 6.45) is 4.46. The fourth-order valence-corrected chi connectivity index (χ4v) is 3.88. The number of piperazine rings is 1. The molecule has 4 heteroatoms. The Labute approximate surface area is 135 Å². The van der Waals surface area contributed by atoms with Crippen molar-refractivity contribution in [3.8, 4) is 0 Å². The smallest absolute Gasteiger partial charge is 0.241 e. The van der Waals surface area contributed by atoms with E-state index in [0.717, 1.165) is 18.7 Å². The molecule has 0 radical (unpaired) electrons. The Morgan fingerprint density at radius 1 is 1.17 bits per heavy atom. The number of amides is 1. The number of rotatable bonds is 3. The van der Waals surface area contributed by atoms with Crippen molar-refractivity contribution in [3.63, 3.8) is 0 Å². The molecule has 3 heterocycles. The van der Waals surface area contributed by atoms with Crippen LogP contribution >= 0.6 is 0 Å². The minimum atomic E-state index is -0.0936. The summed E-state index contributed by atoms with van der Waals surface area (Å²) in [5.74, 6) is 0.344. The van der Waals surface area contributed by atoms with E-state index in [1.54, 1.807) is 0 Å². The zero-order valence-corrected chi connectivity index (χ0v) is 12.9. The van der Waals surface area contributed by atoms with Crippen molar-refractivity contribution in [3.05, 3.63) is 78.3 Å². The molecule has 3 atom stereocenters. The van der Waals surface area contributed by atoms with Crippen molar-refractivity contribution in [2.75, 3.05) is 0 Å². The first kappa shape index (κ1) is 14.2. The SMILES string of the molecule is C=C1NC(=O)[C@H]2C[C@@H](c3ccncc3)[C@@H]1N2Cc1ccccc1. The summed E-state index contributed by atoms with van der Waals surface area (Å²) in [6, 6.07) is 14.4. The van der Waals surface area contributed by atoms with Crippen LogP contribution < -0.4 is 5.32 Å². The van der Waals surface area contributed by atoms with Crippen molar-refractivity contribution in [2.45, 2.75) is 31.0 Å². The number of benzene rings is 1. The van der Waals surface area contributed by atoms with Crippen molar-refractivity contribution in [1.82, 2.24) is 15.2 Å². The van der Waals surface area contributed by atoms with Gasteiger partial charge in [-0.1, -0.05) is 36.9 Å². The van der Waals surface area contributed by atoms with Gasteiger partial charge in [0.1, 0.15) is 0 Å². The van der Waals surface area contributed by atoms with Crippen molar-refractivity contribution >= 4 is 5.91 Å². The lowest BCUT2D eigenvalue weighted by Gasteiger charge is -2.37. The van der Waals surface area contributed by atoms with Gasteiger partial charge in [-0.2, -0.15) is 0 Å². The molecule has 0 spiro atoms. The van der Waals surface area contributed by atoms with E-state index in [2.05, 4.69) is 33.9 Å². The topological polar surface area (TPSA) is 45.2 Å². The van der Waals surface area contributed by atoms with E-state index in [1.165, 1.54) is 11.1 Å². The molecule has 0 aliphatic carbocycles. The second kappa shape index (κ2) is 5.63. The van der Waals surface area contributed by atoms with Crippen LogP contribution in [0.25, 0.3) is 0 Å². The van der Waals surface area contributed by atoms with E-state index >= 15 is 0 Å². The van der Waals surface area contributed by atoms with Crippen LogP contribution in [-0.2, 0) is 11.3 Å².